The average molecular weight is 728 g/mol. The first kappa shape index (κ1) is 36.5. The molecule has 4 aromatic rings. The molecule has 5 rings (SSSR count). The number of hydrogen-bond donors (Lipinski definition) is 1. The number of fused-ring (bicyclic) bond motifs is 1. The summed E-state index contributed by atoms with van der Waals surface area (Å²) in [5, 5.41) is 20.7. The fraction of sp³-hybridized carbons (Fsp3) is 0.273. The number of carbonyl (C=O) groups excluding carboxylic acids is 3. The third-order valence-corrected chi connectivity index (χ3v) is 9.65. The number of benzene rings is 3. The van der Waals surface area contributed by atoms with E-state index in [9.17, 15) is 41.2 Å². The Kier molecular flexibility index (Phi) is 10.2. The molecule has 3 aromatic carbocycles. The Hall–Kier alpha value is -5.78. The molecule has 1 aliphatic heterocycles. The van der Waals surface area contributed by atoms with Gasteiger partial charge in [0.1, 0.15) is 0 Å². The number of alkyl halides is 3. The summed E-state index contributed by atoms with van der Waals surface area (Å²) in [6.07, 6.45) is -4.41. The van der Waals surface area contributed by atoms with Gasteiger partial charge in [0.25, 0.3) is 27.7 Å². The molecule has 0 unspecified atom stereocenters. The third-order valence-electron chi connectivity index (χ3n) is 8.29. The first-order valence-corrected chi connectivity index (χ1v) is 16.9. The summed E-state index contributed by atoms with van der Waals surface area (Å²) >= 11 is 0. The van der Waals surface area contributed by atoms with E-state index in [2.05, 4.69) is 10.4 Å². The van der Waals surface area contributed by atoms with Crippen LogP contribution in [0.1, 0.15) is 52.2 Å². The lowest BCUT2D eigenvalue weighted by molar-refractivity contribution is -0.711. The lowest BCUT2D eigenvalue weighted by atomic mass is 9.98. The molecular formula is C33H32F3N7O7S. The van der Waals surface area contributed by atoms with Crippen LogP contribution in [0.4, 0.5) is 13.2 Å². The van der Waals surface area contributed by atoms with Gasteiger partial charge >= 0.3 is 6.18 Å². The van der Waals surface area contributed by atoms with Crippen LogP contribution in [0.2, 0.25) is 0 Å². The van der Waals surface area contributed by atoms with Crippen LogP contribution in [-0.4, -0.2) is 70.6 Å². The zero-order chi connectivity index (χ0) is 37.2. The quantitative estimate of drug-likeness (QED) is 0.0905. The first-order valence-electron chi connectivity index (χ1n) is 15.4. The van der Waals surface area contributed by atoms with Crippen LogP contribution < -0.4 is 4.72 Å². The summed E-state index contributed by atoms with van der Waals surface area (Å²) in [5.74, 6) is -2.97. The lowest BCUT2D eigenvalue weighted by Gasteiger charge is -2.27. The molecule has 1 N–H and O–H groups in total. The molecule has 0 fully saturated rings. The van der Waals surface area contributed by atoms with Crippen LogP contribution in [0, 0.1) is 18.0 Å². The van der Waals surface area contributed by atoms with Crippen molar-refractivity contribution in [2.45, 2.75) is 44.3 Å². The monoisotopic (exact) mass is 727 g/mol. The summed E-state index contributed by atoms with van der Waals surface area (Å²) < 4.78 is 70.4. The highest BCUT2D eigenvalue weighted by molar-refractivity contribution is 7.90. The maximum atomic E-state index is 13.6. The van der Waals surface area contributed by atoms with Gasteiger partial charge in [0.15, 0.2) is 11.7 Å². The zero-order valence-electron chi connectivity index (χ0n) is 27.7. The number of halogens is 3. The minimum absolute atomic E-state index is 0.110. The van der Waals surface area contributed by atoms with Crippen molar-refractivity contribution in [3.05, 3.63) is 106 Å². The largest absolute Gasteiger partial charge is 0.569 e. The number of amides is 3. The number of nitrogens with one attached hydrogen (secondary N) is 1. The molecule has 0 saturated carbocycles. The van der Waals surface area contributed by atoms with E-state index < -0.39 is 63.2 Å². The van der Waals surface area contributed by atoms with Gasteiger partial charge in [0, 0.05) is 5.56 Å². The van der Waals surface area contributed by atoms with E-state index in [0.29, 0.717) is 12.0 Å². The van der Waals surface area contributed by atoms with E-state index >= 15 is 0 Å². The number of aryl methyl sites for hydroxylation is 1. The molecule has 2 atom stereocenters. The molecule has 14 nitrogen and oxygen atoms in total. The Balaban J connectivity index is 1.31. The number of imide groups is 1. The zero-order valence-corrected chi connectivity index (χ0v) is 28.5. The molecule has 268 valence electrons. The van der Waals surface area contributed by atoms with Crippen LogP contribution >= 0.6 is 0 Å². The number of sulfonamides is 1. The normalized spacial score (nSPS) is 14.6. The molecule has 1 aromatic heterocycles. The van der Waals surface area contributed by atoms with Gasteiger partial charge in [-0.05, 0) is 55.3 Å². The van der Waals surface area contributed by atoms with Gasteiger partial charge in [-0.3, -0.25) is 14.4 Å². The predicted octanol–water partition coefficient (Wildman–Crippen LogP) is 5.08. The van der Waals surface area contributed by atoms with E-state index in [-0.39, 0.29) is 27.5 Å². The molecule has 0 radical (unpaired) electrons. The van der Waals surface area contributed by atoms with Crippen LogP contribution in [-0.2, 0) is 25.8 Å². The molecule has 18 heteroatoms. The number of hydrogen-bond acceptors (Lipinski definition) is 9. The van der Waals surface area contributed by atoms with Crippen molar-refractivity contribution < 1.29 is 45.8 Å². The molecule has 3 amide bonds. The minimum atomic E-state index is -4.74. The fourth-order valence-corrected chi connectivity index (χ4v) is 6.34. The summed E-state index contributed by atoms with van der Waals surface area (Å²) in [4.78, 5) is 43.6. The number of likely N-dealkylation sites (N-methyl/N-ethyl adjacent to an activating group) is 1. The van der Waals surface area contributed by atoms with E-state index in [1.54, 1.807) is 50.2 Å². The molecule has 2 heterocycles. The molecule has 1 aliphatic rings. The topological polar surface area (TPSA) is 169 Å². The van der Waals surface area contributed by atoms with Gasteiger partial charge in [-0.25, -0.2) is 22.7 Å². The lowest BCUT2D eigenvalue weighted by Crippen LogP contribution is -2.52. The maximum absolute atomic E-state index is 13.6. The molecular weight excluding hydrogens is 695 g/mol. The van der Waals surface area contributed by atoms with E-state index in [0.717, 1.165) is 38.4 Å². The van der Waals surface area contributed by atoms with Gasteiger partial charge in [-0.1, -0.05) is 62.2 Å². The van der Waals surface area contributed by atoms with E-state index in [1.807, 2.05) is 11.6 Å². The number of aromatic nitrogens is 2. The standard InChI is InChI=1S/C33H32F3N7O7S/c1-5-21(3)29(40(4)43(47)39-50-19-41-31(45)25-8-6-7-9-26(25)32(41)46)30(44)38-51(48,49)24-16-14-23(15-17-24)42-27(18-28(37-42)33(34,35)36)22-12-10-20(2)11-13-22/h6-18,21,29H,5,19H2,1-4H3,(H,38,44)/b43-39-/t21-,29+/m1/s1. The highest BCUT2D eigenvalue weighted by atomic mass is 32.2. The number of rotatable bonds is 12. The molecule has 0 saturated heterocycles. The Morgan fingerprint density at radius 3 is 2.18 bits per heavy atom. The van der Waals surface area contributed by atoms with Crippen molar-refractivity contribution in [3.8, 4) is 16.9 Å². The van der Waals surface area contributed by atoms with Crippen molar-refractivity contribution in [1.82, 2.24) is 24.4 Å². The molecule has 0 spiro atoms. The minimum Gasteiger partial charge on any atom is -0.569 e. The van der Waals surface area contributed by atoms with Crippen molar-refractivity contribution in [1.29, 1.82) is 0 Å². The number of hydrazine groups is 1. The second-order valence-corrected chi connectivity index (χ2v) is 13.4. The first-order chi connectivity index (χ1) is 24.0. The maximum Gasteiger partial charge on any atom is 0.435 e. The second-order valence-electron chi connectivity index (χ2n) is 11.7. The summed E-state index contributed by atoms with van der Waals surface area (Å²) in [5.41, 5.74) is 0.756. The number of nitrogens with zero attached hydrogens (tertiary/aromatic N) is 6. The molecule has 51 heavy (non-hydrogen) atoms. The van der Waals surface area contributed by atoms with Crippen LogP contribution in [0.15, 0.2) is 89.0 Å². The van der Waals surface area contributed by atoms with Crippen molar-refractivity contribution in [2.24, 2.45) is 11.2 Å². The molecule has 0 aliphatic carbocycles. The Morgan fingerprint density at radius 1 is 1.04 bits per heavy atom. The predicted molar refractivity (Wildman–Crippen MR) is 174 cm³/mol. The van der Waals surface area contributed by atoms with Crippen LogP contribution in [0.3, 0.4) is 0 Å². The summed E-state index contributed by atoms with van der Waals surface area (Å²) in [6, 6.07) is 17.0. The Labute approximate surface area is 290 Å². The van der Waals surface area contributed by atoms with Crippen molar-refractivity contribution >= 4 is 27.7 Å². The smallest absolute Gasteiger partial charge is 0.435 e. The van der Waals surface area contributed by atoms with Gasteiger partial charge in [-0.15, -0.1) is 5.01 Å². The van der Waals surface area contributed by atoms with Gasteiger partial charge in [-0.2, -0.15) is 18.3 Å². The van der Waals surface area contributed by atoms with E-state index in [1.165, 1.54) is 31.3 Å². The van der Waals surface area contributed by atoms with Crippen molar-refractivity contribution in [3.63, 3.8) is 0 Å². The second kappa shape index (κ2) is 14.2. The van der Waals surface area contributed by atoms with Crippen LogP contribution in [0.5, 0.6) is 0 Å². The average Bonchev–Trinajstić information content (AvgIpc) is 3.65. The number of carbonyl (C=O) groups is 3. The highest BCUT2D eigenvalue weighted by Gasteiger charge is 2.38. The fourth-order valence-electron chi connectivity index (χ4n) is 5.34. The van der Waals surface area contributed by atoms with Gasteiger partial charge in [0.2, 0.25) is 12.0 Å². The van der Waals surface area contributed by atoms with Gasteiger partial charge in [0.05, 0.1) is 39.4 Å². The van der Waals surface area contributed by atoms with E-state index in [4.69, 9.17) is 4.84 Å². The van der Waals surface area contributed by atoms with Crippen molar-refractivity contribution in [2.75, 3.05) is 13.8 Å². The third kappa shape index (κ3) is 7.54. The summed E-state index contributed by atoms with van der Waals surface area (Å²) in [7, 11) is -3.38. The highest BCUT2D eigenvalue weighted by Crippen LogP contribution is 2.33. The molecule has 0 bridgehead atoms. The SMILES string of the molecule is CC[C@@H](C)[C@@H](C(=O)NS(=O)(=O)c1ccc(-n2nc(C(F)(F)F)cc2-c2ccc(C)cc2)cc1)N(C)/[N+]([O-])=N/OCN1C(=O)c2ccccc2C1=O. The summed E-state index contributed by atoms with van der Waals surface area (Å²) in [6.45, 7) is 4.43. The Morgan fingerprint density at radius 2 is 1.63 bits per heavy atom. The van der Waals surface area contributed by atoms with Crippen LogP contribution in [0.25, 0.3) is 16.9 Å². The Bertz CT molecular complexity index is 2070. The van der Waals surface area contributed by atoms with Gasteiger partial charge < -0.3 is 10.0 Å².